The molecule has 1 N–H and O–H groups in total. The van der Waals surface area contributed by atoms with E-state index in [1.54, 1.807) is 12.1 Å². The molecule has 4 aromatic rings. The number of benzene rings is 2. The molecule has 0 spiro atoms. The number of anilines is 1. The van der Waals surface area contributed by atoms with Crippen LogP contribution in [0.4, 0.5) is 10.1 Å². The van der Waals surface area contributed by atoms with Gasteiger partial charge in [0.2, 0.25) is 5.91 Å². The minimum atomic E-state index is -0.276. The first-order valence-electron chi connectivity index (χ1n) is 8.57. The Hall–Kier alpha value is -2.77. The van der Waals surface area contributed by atoms with Gasteiger partial charge in [-0.3, -0.25) is 4.79 Å². The molecule has 2 aromatic heterocycles. The maximum absolute atomic E-state index is 13.3. The average Bonchev–Trinajstić information content (AvgIpc) is 3.12. The van der Waals surface area contributed by atoms with Crippen molar-refractivity contribution in [2.75, 3.05) is 11.1 Å². The second-order valence-corrected chi connectivity index (χ2v) is 8.04. The van der Waals surface area contributed by atoms with Crippen LogP contribution >= 0.6 is 23.1 Å². The van der Waals surface area contributed by atoms with Crippen LogP contribution in [0.25, 0.3) is 21.3 Å². The van der Waals surface area contributed by atoms with E-state index in [4.69, 9.17) is 0 Å². The van der Waals surface area contributed by atoms with Gasteiger partial charge in [0.25, 0.3) is 0 Å². The maximum atomic E-state index is 13.3. The van der Waals surface area contributed by atoms with Gasteiger partial charge >= 0.3 is 0 Å². The summed E-state index contributed by atoms with van der Waals surface area (Å²) >= 11 is 2.87. The van der Waals surface area contributed by atoms with Crippen molar-refractivity contribution in [1.29, 1.82) is 0 Å². The highest BCUT2D eigenvalue weighted by Crippen LogP contribution is 2.37. The van der Waals surface area contributed by atoms with E-state index in [9.17, 15) is 9.18 Å². The summed E-state index contributed by atoms with van der Waals surface area (Å²) in [5, 5.41) is 6.53. The van der Waals surface area contributed by atoms with E-state index in [2.05, 4.69) is 15.3 Å². The highest BCUT2D eigenvalue weighted by molar-refractivity contribution is 8.00. The molecular formula is C21H16FN3OS2. The first-order valence-corrected chi connectivity index (χ1v) is 10.4. The van der Waals surface area contributed by atoms with Crippen LogP contribution < -0.4 is 5.32 Å². The summed E-state index contributed by atoms with van der Waals surface area (Å²) in [4.78, 5) is 21.9. The lowest BCUT2D eigenvalue weighted by atomic mass is 10.1. The Bertz CT molecular complexity index is 1140. The van der Waals surface area contributed by atoms with Crippen molar-refractivity contribution < 1.29 is 9.18 Å². The first-order chi connectivity index (χ1) is 13.6. The van der Waals surface area contributed by atoms with Crippen LogP contribution in [0.1, 0.15) is 5.56 Å². The number of aromatic nitrogens is 2. The van der Waals surface area contributed by atoms with E-state index < -0.39 is 0 Å². The number of rotatable bonds is 5. The molecule has 4 rings (SSSR count). The monoisotopic (exact) mass is 409 g/mol. The molecule has 4 nitrogen and oxygen atoms in total. The van der Waals surface area contributed by atoms with Gasteiger partial charge in [-0.05, 0) is 42.3 Å². The third kappa shape index (κ3) is 4.05. The second-order valence-electron chi connectivity index (χ2n) is 6.22. The normalized spacial score (nSPS) is 10.9. The number of aryl methyl sites for hydroxylation is 1. The molecule has 0 unspecified atom stereocenters. The molecule has 0 aliphatic heterocycles. The van der Waals surface area contributed by atoms with Crippen molar-refractivity contribution in [3.8, 4) is 11.1 Å². The summed E-state index contributed by atoms with van der Waals surface area (Å²) in [5.74, 6) is -0.137. The smallest absolute Gasteiger partial charge is 0.234 e. The van der Waals surface area contributed by atoms with Gasteiger partial charge in [0, 0.05) is 16.6 Å². The lowest BCUT2D eigenvalue weighted by Crippen LogP contribution is -2.14. The van der Waals surface area contributed by atoms with Crippen LogP contribution in [0.15, 0.2) is 65.3 Å². The van der Waals surface area contributed by atoms with E-state index in [1.165, 1.54) is 41.6 Å². The zero-order valence-corrected chi connectivity index (χ0v) is 16.6. The van der Waals surface area contributed by atoms with E-state index in [0.717, 1.165) is 37.6 Å². The Kier molecular flexibility index (Phi) is 5.36. The Morgan fingerprint density at radius 2 is 2.00 bits per heavy atom. The molecule has 28 heavy (non-hydrogen) atoms. The van der Waals surface area contributed by atoms with Gasteiger partial charge in [0.05, 0.1) is 11.1 Å². The summed E-state index contributed by atoms with van der Waals surface area (Å²) in [6.45, 7) is 1.98. The number of thiophene rings is 1. The van der Waals surface area contributed by atoms with Gasteiger partial charge in [-0.15, -0.1) is 11.3 Å². The van der Waals surface area contributed by atoms with E-state index >= 15 is 0 Å². The van der Waals surface area contributed by atoms with Crippen LogP contribution in [0.3, 0.4) is 0 Å². The Labute approximate surface area is 169 Å². The molecule has 0 bridgehead atoms. The number of amides is 1. The molecule has 0 saturated heterocycles. The average molecular weight is 410 g/mol. The van der Waals surface area contributed by atoms with Crippen molar-refractivity contribution in [2.45, 2.75) is 11.9 Å². The van der Waals surface area contributed by atoms with Gasteiger partial charge < -0.3 is 5.32 Å². The van der Waals surface area contributed by atoms with E-state index in [0.29, 0.717) is 0 Å². The second kappa shape index (κ2) is 8.08. The SMILES string of the molecule is Cc1cccc(NC(=O)CSc2ncnc3scc(-c4ccc(F)cc4)c23)c1. The summed E-state index contributed by atoms with van der Waals surface area (Å²) in [6, 6.07) is 14.0. The number of hydrogen-bond donors (Lipinski definition) is 1. The third-order valence-electron chi connectivity index (χ3n) is 4.13. The molecule has 0 aliphatic carbocycles. The van der Waals surface area contributed by atoms with E-state index in [1.807, 2.05) is 36.6 Å². The number of nitrogens with one attached hydrogen (secondary N) is 1. The predicted octanol–water partition coefficient (Wildman–Crippen LogP) is 5.54. The molecule has 0 saturated carbocycles. The lowest BCUT2D eigenvalue weighted by Gasteiger charge is -2.07. The number of halogens is 1. The molecule has 140 valence electrons. The minimum absolute atomic E-state index is 0.0964. The predicted molar refractivity (Wildman–Crippen MR) is 113 cm³/mol. The third-order valence-corrected chi connectivity index (χ3v) is 6.01. The van der Waals surface area contributed by atoms with Crippen LogP contribution in [0.5, 0.6) is 0 Å². The van der Waals surface area contributed by atoms with Gasteiger partial charge in [-0.2, -0.15) is 0 Å². The van der Waals surface area contributed by atoms with Crippen molar-refractivity contribution >= 4 is 44.9 Å². The van der Waals surface area contributed by atoms with Crippen molar-refractivity contribution in [3.63, 3.8) is 0 Å². The summed E-state index contributed by atoms with van der Waals surface area (Å²) in [7, 11) is 0. The Morgan fingerprint density at radius 3 is 2.79 bits per heavy atom. The zero-order valence-electron chi connectivity index (χ0n) is 15.0. The molecule has 1 amide bonds. The summed E-state index contributed by atoms with van der Waals surface area (Å²) in [5.41, 5.74) is 3.71. The van der Waals surface area contributed by atoms with Crippen LogP contribution in [-0.4, -0.2) is 21.6 Å². The Balaban J connectivity index is 1.56. The van der Waals surface area contributed by atoms with Crippen LogP contribution in [0.2, 0.25) is 0 Å². The maximum Gasteiger partial charge on any atom is 0.234 e. The number of carbonyl (C=O) groups excluding carboxylic acids is 1. The largest absolute Gasteiger partial charge is 0.325 e. The molecule has 0 aliphatic rings. The molecule has 0 atom stereocenters. The minimum Gasteiger partial charge on any atom is -0.325 e. The Morgan fingerprint density at radius 1 is 1.18 bits per heavy atom. The fourth-order valence-corrected chi connectivity index (χ4v) is 4.65. The molecule has 7 heteroatoms. The fraction of sp³-hybridized carbons (Fsp3) is 0.0952. The van der Waals surface area contributed by atoms with Crippen molar-refractivity contribution in [2.24, 2.45) is 0 Å². The number of fused-ring (bicyclic) bond motifs is 1. The number of carbonyl (C=O) groups is 1. The number of nitrogens with zero attached hydrogens (tertiary/aromatic N) is 2. The summed E-state index contributed by atoms with van der Waals surface area (Å²) in [6.07, 6.45) is 1.51. The highest BCUT2D eigenvalue weighted by atomic mass is 32.2. The molecule has 2 aromatic carbocycles. The fourth-order valence-electron chi connectivity index (χ4n) is 2.85. The quantitative estimate of drug-likeness (QED) is 0.347. The molecule has 0 radical (unpaired) electrons. The number of thioether (sulfide) groups is 1. The van der Waals surface area contributed by atoms with E-state index in [-0.39, 0.29) is 17.5 Å². The lowest BCUT2D eigenvalue weighted by molar-refractivity contribution is -0.113. The highest BCUT2D eigenvalue weighted by Gasteiger charge is 2.15. The topological polar surface area (TPSA) is 54.9 Å². The van der Waals surface area contributed by atoms with Gasteiger partial charge in [0.1, 0.15) is 22.0 Å². The van der Waals surface area contributed by atoms with Gasteiger partial charge in [-0.1, -0.05) is 36.0 Å². The molecular weight excluding hydrogens is 393 g/mol. The standard InChI is InChI=1S/C21H16FN3OS2/c1-13-3-2-4-16(9-13)25-18(26)11-28-21-19-17(10-27-20(19)23-12-24-21)14-5-7-15(22)8-6-14/h2-10,12H,11H2,1H3,(H,25,26). The van der Waals surface area contributed by atoms with Crippen molar-refractivity contribution in [3.05, 3.63) is 71.6 Å². The molecule has 0 fully saturated rings. The van der Waals surface area contributed by atoms with Crippen molar-refractivity contribution in [1.82, 2.24) is 9.97 Å². The van der Waals surface area contributed by atoms with Gasteiger partial charge in [-0.25, -0.2) is 14.4 Å². The first kappa shape index (κ1) is 18.6. The summed E-state index contributed by atoms with van der Waals surface area (Å²) < 4.78 is 13.3. The van der Waals surface area contributed by atoms with Crippen LogP contribution in [-0.2, 0) is 4.79 Å². The van der Waals surface area contributed by atoms with Gasteiger partial charge in [0.15, 0.2) is 0 Å². The molecule has 2 heterocycles. The zero-order chi connectivity index (χ0) is 19.5. The number of hydrogen-bond acceptors (Lipinski definition) is 5. The van der Waals surface area contributed by atoms with Crippen LogP contribution in [0, 0.1) is 12.7 Å².